The highest BCUT2D eigenvalue weighted by Crippen LogP contribution is 2.33. The third kappa shape index (κ3) is 3.66. The van der Waals surface area contributed by atoms with E-state index in [4.69, 9.17) is 0 Å². The van der Waals surface area contributed by atoms with E-state index in [2.05, 4.69) is 20.7 Å². The van der Waals surface area contributed by atoms with Crippen LogP contribution in [-0.4, -0.2) is 31.1 Å². The van der Waals surface area contributed by atoms with Gasteiger partial charge in [0.2, 0.25) is 0 Å². The highest BCUT2D eigenvalue weighted by Gasteiger charge is 2.18. The van der Waals surface area contributed by atoms with Crippen molar-refractivity contribution in [2.45, 2.75) is 13.8 Å². The van der Waals surface area contributed by atoms with E-state index in [0.29, 0.717) is 16.6 Å². The van der Waals surface area contributed by atoms with Crippen LogP contribution in [0.15, 0.2) is 16.6 Å². The molecule has 0 aliphatic heterocycles. The van der Waals surface area contributed by atoms with Crippen LogP contribution in [0.2, 0.25) is 0 Å². The lowest BCUT2D eigenvalue weighted by Crippen LogP contribution is -2.30. The molecular weight excluding hydrogens is 316 g/mol. The molecule has 1 aromatic carbocycles. The minimum absolute atomic E-state index is 0.0461. The normalized spacial score (nSPS) is 10.1. The Morgan fingerprint density at radius 3 is 2.63 bits per heavy atom. The molecule has 1 rings (SSSR count). The van der Waals surface area contributed by atoms with E-state index in [1.54, 1.807) is 17.9 Å². The Balaban J connectivity index is 3.15. The summed E-state index contributed by atoms with van der Waals surface area (Å²) in [5, 5.41) is 10.8. The number of hydrogen-bond donors (Lipinski definition) is 0. The number of esters is 1. The number of methoxy groups -OCH3 is 1. The van der Waals surface area contributed by atoms with Crippen LogP contribution in [0.4, 0.5) is 11.4 Å². The van der Waals surface area contributed by atoms with Crippen molar-refractivity contribution in [2.24, 2.45) is 0 Å². The first-order valence-electron chi connectivity index (χ1n) is 5.67. The SMILES string of the molecule is CCN(CC(=O)OC)c1cc(C)c([N+](=O)[O-])cc1Br. The van der Waals surface area contributed by atoms with Gasteiger partial charge in [0.25, 0.3) is 5.69 Å². The monoisotopic (exact) mass is 330 g/mol. The van der Waals surface area contributed by atoms with Gasteiger partial charge in [0.15, 0.2) is 0 Å². The second kappa shape index (κ2) is 6.51. The van der Waals surface area contributed by atoms with Crippen LogP contribution in [0.1, 0.15) is 12.5 Å². The van der Waals surface area contributed by atoms with Gasteiger partial charge in [-0.1, -0.05) is 0 Å². The topological polar surface area (TPSA) is 72.7 Å². The standard InChI is InChI=1S/C12H15BrN2O4/c1-4-14(7-12(16)19-3)11-5-8(2)10(15(17)18)6-9(11)13/h5-6H,4,7H2,1-3H3. The Bertz CT molecular complexity index is 505. The fourth-order valence-electron chi connectivity index (χ4n) is 1.68. The van der Waals surface area contributed by atoms with Crippen LogP contribution in [0.25, 0.3) is 0 Å². The van der Waals surface area contributed by atoms with Gasteiger partial charge in [-0.2, -0.15) is 0 Å². The minimum atomic E-state index is -0.430. The van der Waals surface area contributed by atoms with Gasteiger partial charge in [-0.15, -0.1) is 0 Å². The highest BCUT2D eigenvalue weighted by molar-refractivity contribution is 9.10. The molecule has 0 radical (unpaired) electrons. The maximum Gasteiger partial charge on any atom is 0.325 e. The van der Waals surface area contributed by atoms with Crippen molar-refractivity contribution in [3.63, 3.8) is 0 Å². The fraction of sp³-hybridized carbons (Fsp3) is 0.417. The van der Waals surface area contributed by atoms with E-state index < -0.39 is 4.92 Å². The Morgan fingerprint density at radius 1 is 1.53 bits per heavy atom. The molecule has 7 heteroatoms. The van der Waals surface area contributed by atoms with E-state index in [-0.39, 0.29) is 18.2 Å². The Kier molecular flexibility index (Phi) is 5.29. The van der Waals surface area contributed by atoms with Crippen LogP contribution < -0.4 is 4.90 Å². The number of rotatable bonds is 5. The molecule has 0 N–H and O–H groups in total. The van der Waals surface area contributed by atoms with Gasteiger partial charge in [0.1, 0.15) is 6.54 Å². The zero-order valence-electron chi connectivity index (χ0n) is 11.0. The number of benzene rings is 1. The number of ether oxygens (including phenoxy) is 1. The molecule has 0 aliphatic rings. The third-order valence-corrected chi connectivity index (χ3v) is 3.37. The van der Waals surface area contributed by atoms with Gasteiger partial charge in [-0.25, -0.2) is 0 Å². The van der Waals surface area contributed by atoms with Crippen LogP contribution in [0.3, 0.4) is 0 Å². The number of carbonyl (C=O) groups excluding carboxylic acids is 1. The summed E-state index contributed by atoms with van der Waals surface area (Å²) in [6, 6.07) is 3.14. The largest absolute Gasteiger partial charge is 0.468 e. The van der Waals surface area contributed by atoms with Crippen molar-refractivity contribution < 1.29 is 14.5 Å². The molecule has 0 saturated carbocycles. The molecule has 0 aliphatic carbocycles. The summed E-state index contributed by atoms with van der Waals surface area (Å²) in [6.07, 6.45) is 0. The van der Waals surface area contributed by atoms with Crippen molar-refractivity contribution in [3.05, 3.63) is 32.3 Å². The number of nitro benzene ring substituents is 1. The Labute approximate surface area is 119 Å². The first-order valence-corrected chi connectivity index (χ1v) is 6.46. The summed E-state index contributed by atoms with van der Waals surface area (Å²) < 4.78 is 5.21. The van der Waals surface area contributed by atoms with Crippen LogP contribution in [-0.2, 0) is 9.53 Å². The number of nitrogens with zero attached hydrogens (tertiary/aromatic N) is 2. The number of anilines is 1. The summed E-state index contributed by atoms with van der Waals surface area (Å²) >= 11 is 3.30. The van der Waals surface area contributed by atoms with Gasteiger partial charge in [-0.3, -0.25) is 14.9 Å². The predicted molar refractivity (Wildman–Crippen MR) is 75.4 cm³/mol. The zero-order valence-corrected chi connectivity index (χ0v) is 12.6. The smallest absolute Gasteiger partial charge is 0.325 e. The van der Waals surface area contributed by atoms with Crippen molar-refractivity contribution >= 4 is 33.3 Å². The van der Waals surface area contributed by atoms with Crippen LogP contribution in [0.5, 0.6) is 0 Å². The number of carbonyl (C=O) groups is 1. The molecule has 0 atom stereocenters. The number of aryl methyl sites for hydroxylation is 1. The van der Waals surface area contributed by atoms with E-state index in [1.807, 2.05) is 6.92 Å². The summed E-state index contributed by atoms with van der Waals surface area (Å²) in [6.45, 7) is 4.25. The van der Waals surface area contributed by atoms with Crippen molar-refractivity contribution in [1.82, 2.24) is 0 Å². The maximum atomic E-state index is 11.3. The highest BCUT2D eigenvalue weighted by atomic mass is 79.9. The molecule has 0 bridgehead atoms. The summed E-state index contributed by atoms with van der Waals surface area (Å²) in [5.74, 6) is -0.357. The van der Waals surface area contributed by atoms with Crippen LogP contribution in [0, 0.1) is 17.0 Å². The third-order valence-electron chi connectivity index (χ3n) is 2.73. The Morgan fingerprint density at radius 2 is 2.16 bits per heavy atom. The molecule has 104 valence electrons. The van der Waals surface area contributed by atoms with Crippen molar-refractivity contribution in [2.75, 3.05) is 25.1 Å². The van der Waals surface area contributed by atoms with Crippen molar-refractivity contribution in [1.29, 1.82) is 0 Å². The van der Waals surface area contributed by atoms with E-state index in [1.165, 1.54) is 13.2 Å². The molecule has 0 heterocycles. The molecule has 0 saturated heterocycles. The van der Waals surface area contributed by atoms with Gasteiger partial charge < -0.3 is 9.64 Å². The quantitative estimate of drug-likeness (QED) is 0.471. The van der Waals surface area contributed by atoms with Crippen molar-refractivity contribution in [3.8, 4) is 0 Å². The zero-order chi connectivity index (χ0) is 14.6. The molecule has 0 aromatic heterocycles. The van der Waals surface area contributed by atoms with Gasteiger partial charge in [-0.05, 0) is 35.8 Å². The number of hydrogen-bond acceptors (Lipinski definition) is 5. The molecule has 0 spiro atoms. The molecule has 19 heavy (non-hydrogen) atoms. The first kappa shape index (κ1) is 15.4. The number of halogens is 1. The molecule has 0 fully saturated rings. The molecular formula is C12H15BrN2O4. The minimum Gasteiger partial charge on any atom is -0.468 e. The first-order chi connectivity index (χ1) is 8.90. The molecule has 1 aromatic rings. The molecule has 6 nitrogen and oxygen atoms in total. The summed E-state index contributed by atoms with van der Waals surface area (Å²) in [4.78, 5) is 23.5. The van der Waals surface area contributed by atoms with E-state index in [9.17, 15) is 14.9 Å². The lowest BCUT2D eigenvalue weighted by molar-refractivity contribution is -0.385. The second-order valence-electron chi connectivity index (χ2n) is 3.94. The van der Waals surface area contributed by atoms with Crippen LogP contribution >= 0.6 is 15.9 Å². The lowest BCUT2D eigenvalue weighted by Gasteiger charge is -2.23. The molecule has 0 unspecified atom stereocenters. The van der Waals surface area contributed by atoms with Gasteiger partial charge in [0.05, 0.1) is 17.7 Å². The average Bonchev–Trinajstić information content (AvgIpc) is 2.37. The predicted octanol–water partition coefficient (Wildman–Crippen LogP) is 2.67. The second-order valence-corrected chi connectivity index (χ2v) is 4.79. The number of nitro groups is 1. The Hall–Kier alpha value is -1.63. The van der Waals surface area contributed by atoms with Gasteiger partial charge >= 0.3 is 5.97 Å². The van der Waals surface area contributed by atoms with E-state index in [0.717, 1.165) is 5.69 Å². The van der Waals surface area contributed by atoms with Gasteiger partial charge in [0, 0.05) is 22.6 Å². The fourth-order valence-corrected chi connectivity index (χ4v) is 2.26. The number of likely N-dealkylation sites (N-methyl/N-ethyl adjacent to an activating group) is 1. The molecule has 0 amide bonds. The lowest BCUT2D eigenvalue weighted by atomic mass is 10.1. The average molecular weight is 331 g/mol. The maximum absolute atomic E-state index is 11.3. The summed E-state index contributed by atoms with van der Waals surface area (Å²) in [5.41, 5.74) is 1.33. The van der Waals surface area contributed by atoms with E-state index >= 15 is 0 Å². The summed E-state index contributed by atoms with van der Waals surface area (Å²) in [7, 11) is 1.33.